The van der Waals surface area contributed by atoms with Crippen LogP contribution >= 0.6 is 27.5 Å². The Balaban J connectivity index is 2.07. The second kappa shape index (κ2) is 7.43. The van der Waals surface area contributed by atoms with Gasteiger partial charge in [0.15, 0.2) is 0 Å². The first kappa shape index (κ1) is 15.8. The van der Waals surface area contributed by atoms with Crippen LogP contribution in [-0.2, 0) is 0 Å². The predicted octanol–water partition coefficient (Wildman–Crippen LogP) is 3.19. The van der Waals surface area contributed by atoms with Crippen molar-refractivity contribution in [1.29, 1.82) is 0 Å². The lowest BCUT2D eigenvalue weighted by molar-refractivity contribution is 0.0762. The number of hydrogen-bond donors (Lipinski definition) is 0. The molecule has 0 spiro atoms. The van der Waals surface area contributed by atoms with Crippen LogP contribution in [0.25, 0.3) is 0 Å². The summed E-state index contributed by atoms with van der Waals surface area (Å²) in [6, 6.07) is 5.64. The van der Waals surface area contributed by atoms with Gasteiger partial charge in [-0.2, -0.15) is 0 Å². The third kappa shape index (κ3) is 3.74. The number of rotatable bonds is 3. The quantitative estimate of drug-likeness (QED) is 0.774. The van der Waals surface area contributed by atoms with Gasteiger partial charge in [-0.05, 0) is 31.5 Å². The fourth-order valence-electron chi connectivity index (χ4n) is 2.50. The van der Waals surface area contributed by atoms with Crippen molar-refractivity contribution in [3.63, 3.8) is 0 Å². The Bertz CT molecular complexity index is 481. The number of nitrogens with zero attached hydrogens (tertiary/aromatic N) is 2. The maximum Gasteiger partial charge on any atom is 0.255 e. The maximum absolute atomic E-state index is 12.6. The molecule has 1 heterocycles. The van der Waals surface area contributed by atoms with Gasteiger partial charge in [0.25, 0.3) is 5.91 Å². The lowest BCUT2D eigenvalue weighted by atomic mass is 10.1. The van der Waals surface area contributed by atoms with Crippen LogP contribution in [0.1, 0.15) is 22.3 Å². The number of amides is 1. The topological polar surface area (TPSA) is 23.6 Å². The molecule has 1 aliphatic rings. The monoisotopic (exact) mass is 358 g/mol. The lowest BCUT2D eigenvalue weighted by Gasteiger charge is -2.22. The van der Waals surface area contributed by atoms with Gasteiger partial charge in [0.05, 0.1) is 10.6 Å². The molecule has 1 aromatic carbocycles. The van der Waals surface area contributed by atoms with E-state index in [2.05, 4.69) is 20.8 Å². The van der Waals surface area contributed by atoms with Crippen LogP contribution in [0.4, 0.5) is 0 Å². The summed E-state index contributed by atoms with van der Waals surface area (Å²) in [6.07, 6.45) is 1.02. The third-order valence-electron chi connectivity index (χ3n) is 3.70. The fourth-order valence-corrected chi connectivity index (χ4v) is 3.21. The molecule has 2 rings (SSSR count). The van der Waals surface area contributed by atoms with E-state index in [0.29, 0.717) is 10.6 Å². The highest BCUT2D eigenvalue weighted by Gasteiger charge is 2.22. The Hall–Kier alpha value is -0.580. The van der Waals surface area contributed by atoms with Crippen molar-refractivity contribution >= 4 is 33.4 Å². The standard InChI is InChI=1S/C15H20BrClN2O/c1-12-4-2-5-13(14(12)17)15(20)19-8-3-7-18(9-6-16)10-11-19/h2,4-5H,3,6-11H2,1H3. The molecule has 0 atom stereocenters. The maximum atomic E-state index is 12.6. The summed E-state index contributed by atoms with van der Waals surface area (Å²) in [4.78, 5) is 16.9. The molecule has 0 radical (unpaired) electrons. The number of aryl methyl sites for hydroxylation is 1. The van der Waals surface area contributed by atoms with Crippen LogP contribution in [0.3, 0.4) is 0 Å². The van der Waals surface area contributed by atoms with Crippen molar-refractivity contribution in [2.24, 2.45) is 0 Å². The van der Waals surface area contributed by atoms with E-state index in [0.717, 1.165) is 50.0 Å². The smallest absolute Gasteiger partial charge is 0.255 e. The summed E-state index contributed by atoms with van der Waals surface area (Å²) in [5, 5.41) is 1.56. The average Bonchev–Trinajstić information content (AvgIpc) is 2.67. The largest absolute Gasteiger partial charge is 0.337 e. The summed E-state index contributed by atoms with van der Waals surface area (Å²) in [5.41, 5.74) is 1.58. The van der Waals surface area contributed by atoms with Crippen LogP contribution in [0.5, 0.6) is 0 Å². The molecule has 5 heteroatoms. The first-order valence-electron chi connectivity index (χ1n) is 6.96. The third-order valence-corrected chi connectivity index (χ3v) is 4.56. The molecule has 0 bridgehead atoms. The molecule has 0 saturated carbocycles. The highest BCUT2D eigenvalue weighted by Crippen LogP contribution is 2.22. The van der Waals surface area contributed by atoms with E-state index in [1.165, 1.54) is 0 Å². The van der Waals surface area contributed by atoms with Gasteiger partial charge in [0.1, 0.15) is 0 Å². The zero-order chi connectivity index (χ0) is 14.5. The summed E-state index contributed by atoms with van der Waals surface area (Å²) >= 11 is 9.73. The second-order valence-electron chi connectivity index (χ2n) is 5.11. The molecule has 110 valence electrons. The van der Waals surface area contributed by atoms with Crippen molar-refractivity contribution in [1.82, 2.24) is 9.80 Å². The van der Waals surface area contributed by atoms with E-state index >= 15 is 0 Å². The van der Waals surface area contributed by atoms with E-state index in [1.807, 2.05) is 30.0 Å². The van der Waals surface area contributed by atoms with E-state index in [4.69, 9.17) is 11.6 Å². The Morgan fingerprint density at radius 1 is 1.30 bits per heavy atom. The number of carbonyl (C=O) groups is 1. The molecule has 20 heavy (non-hydrogen) atoms. The zero-order valence-corrected chi connectivity index (χ0v) is 14.1. The summed E-state index contributed by atoms with van der Waals surface area (Å²) in [6.45, 7) is 6.53. The van der Waals surface area contributed by atoms with Crippen molar-refractivity contribution < 1.29 is 4.79 Å². The van der Waals surface area contributed by atoms with Gasteiger partial charge in [-0.15, -0.1) is 0 Å². The Kier molecular flexibility index (Phi) is 5.87. The van der Waals surface area contributed by atoms with Crippen LogP contribution in [0.15, 0.2) is 18.2 Å². The normalized spacial score (nSPS) is 17.1. The van der Waals surface area contributed by atoms with Crippen LogP contribution in [-0.4, -0.2) is 53.8 Å². The van der Waals surface area contributed by atoms with Crippen molar-refractivity contribution in [2.45, 2.75) is 13.3 Å². The van der Waals surface area contributed by atoms with Crippen molar-refractivity contribution in [3.05, 3.63) is 34.3 Å². The molecule has 0 unspecified atom stereocenters. The summed E-state index contributed by atoms with van der Waals surface area (Å²) in [7, 11) is 0. The Morgan fingerprint density at radius 2 is 2.10 bits per heavy atom. The number of halogens is 2. The van der Waals surface area contributed by atoms with Gasteiger partial charge in [-0.1, -0.05) is 39.7 Å². The summed E-state index contributed by atoms with van der Waals surface area (Å²) in [5.74, 6) is 0.0550. The molecule has 1 saturated heterocycles. The minimum Gasteiger partial charge on any atom is -0.337 e. The van der Waals surface area contributed by atoms with Crippen LogP contribution in [0.2, 0.25) is 5.02 Å². The molecule has 1 aliphatic heterocycles. The first-order valence-corrected chi connectivity index (χ1v) is 8.46. The molecule has 1 aromatic rings. The molecule has 3 nitrogen and oxygen atoms in total. The second-order valence-corrected chi connectivity index (χ2v) is 6.28. The van der Waals surface area contributed by atoms with Crippen LogP contribution in [0, 0.1) is 6.92 Å². The predicted molar refractivity (Wildman–Crippen MR) is 86.9 cm³/mol. The molecule has 0 aliphatic carbocycles. The van der Waals surface area contributed by atoms with Gasteiger partial charge >= 0.3 is 0 Å². The van der Waals surface area contributed by atoms with Crippen molar-refractivity contribution in [3.8, 4) is 0 Å². The summed E-state index contributed by atoms with van der Waals surface area (Å²) < 4.78 is 0. The highest BCUT2D eigenvalue weighted by atomic mass is 79.9. The lowest BCUT2D eigenvalue weighted by Crippen LogP contribution is -2.35. The number of alkyl halides is 1. The van der Waals surface area contributed by atoms with E-state index < -0.39 is 0 Å². The average molecular weight is 360 g/mol. The Morgan fingerprint density at radius 3 is 2.85 bits per heavy atom. The van der Waals surface area contributed by atoms with Crippen LogP contribution < -0.4 is 0 Å². The molecule has 1 fully saturated rings. The SMILES string of the molecule is Cc1cccc(C(=O)N2CCCN(CCBr)CC2)c1Cl. The number of benzene rings is 1. The van der Waals surface area contributed by atoms with E-state index in [1.54, 1.807) is 0 Å². The van der Waals surface area contributed by atoms with Gasteiger partial charge in [-0.25, -0.2) is 0 Å². The van der Waals surface area contributed by atoms with Gasteiger partial charge < -0.3 is 9.80 Å². The van der Waals surface area contributed by atoms with E-state index in [9.17, 15) is 4.79 Å². The van der Waals surface area contributed by atoms with Gasteiger partial charge in [0, 0.05) is 31.5 Å². The van der Waals surface area contributed by atoms with Gasteiger partial charge in [-0.3, -0.25) is 4.79 Å². The molecular weight excluding hydrogens is 340 g/mol. The number of carbonyl (C=O) groups excluding carboxylic acids is 1. The molecular formula is C15H20BrClN2O. The van der Waals surface area contributed by atoms with E-state index in [-0.39, 0.29) is 5.91 Å². The first-order chi connectivity index (χ1) is 9.63. The fraction of sp³-hybridized carbons (Fsp3) is 0.533. The zero-order valence-electron chi connectivity index (χ0n) is 11.7. The molecule has 0 N–H and O–H groups in total. The van der Waals surface area contributed by atoms with Gasteiger partial charge in [0.2, 0.25) is 0 Å². The number of hydrogen-bond acceptors (Lipinski definition) is 2. The highest BCUT2D eigenvalue weighted by molar-refractivity contribution is 9.09. The minimum absolute atomic E-state index is 0.0550. The Labute approximate surface area is 134 Å². The van der Waals surface area contributed by atoms with Crippen molar-refractivity contribution in [2.75, 3.05) is 38.1 Å². The molecule has 0 aromatic heterocycles. The molecule has 1 amide bonds. The minimum atomic E-state index is 0.0550.